The standard InChI is InChI=1S/C13H25N3O2/c1-11(17)16-8-6-15(7-9-16)10-12(18)14(5)13(2,3)4/h6-10H2,1-5H3. The zero-order valence-corrected chi connectivity index (χ0v) is 12.2. The van der Waals surface area contributed by atoms with Crippen molar-refractivity contribution < 1.29 is 9.59 Å². The molecule has 0 atom stereocenters. The average molecular weight is 255 g/mol. The summed E-state index contributed by atoms with van der Waals surface area (Å²) in [5.41, 5.74) is -0.141. The second-order valence-corrected chi connectivity index (χ2v) is 5.91. The van der Waals surface area contributed by atoms with Crippen LogP contribution in [0.4, 0.5) is 0 Å². The molecule has 0 N–H and O–H groups in total. The van der Waals surface area contributed by atoms with Crippen molar-refractivity contribution in [3.8, 4) is 0 Å². The molecule has 0 spiro atoms. The zero-order valence-electron chi connectivity index (χ0n) is 12.2. The molecular formula is C13H25N3O2. The van der Waals surface area contributed by atoms with Crippen LogP contribution in [-0.2, 0) is 9.59 Å². The van der Waals surface area contributed by atoms with Crippen molar-refractivity contribution in [2.75, 3.05) is 39.8 Å². The van der Waals surface area contributed by atoms with E-state index in [0.29, 0.717) is 6.54 Å². The monoisotopic (exact) mass is 255 g/mol. The Bertz CT molecular complexity index is 315. The van der Waals surface area contributed by atoms with Gasteiger partial charge >= 0.3 is 0 Å². The van der Waals surface area contributed by atoms with E-state index in [-0.39, 0.29) is 17.4 Å². The Morgan fingerprint density at radius 3 is 2.00 bits per heavy atom. The summed E-state index contributed by atoms with van der Waals surface area (Å²) in [6.07, 6.45) is 0. The van der Waals surface area contributed by atoms with E-state index in [4.69, 9.17) is 0 Å². The Kier molecular flexibility index (Phi) is 4.73. The summed E-state index contributed by atoms with van der Waals surface area (Å²) in [6, 6.07) is 0. The summed E-state index contributed by atoms with van der Waals surface area (Å²) in [6.45, 7) is 11.1. The number of hydrogen-bond donors (Lipinski definition) is 0. The van der Waals surface area contributed by atoms with Gasteiger partial charge in [0.1, 0.15) is 0 Å². The SMILES string of the molecule is CC(=O)N1CCN(CC(=O)N(C)C(C)(C)C)CC1. The van der Waals surface area contributed by atoms with Crippen LogP contribution in [0, 0.1) is 0 Å². The predicted molar refractivity (Wildman–Crippen MR) is 71.2 cm³/mol. The molecule has 1 heterocycles. The molecule has 0 unspecified atom stereocenters. The van der Waals surface area contributed by atoms with E-state index in [1.54, 1.807) is 11.8 Å². The lowest BCUT2D eigenvalue weighted by molar-refractivity contribution is -0.136. The summed E-state index contributed by atoms with van der Waals surface area (Å²) in [5, 5.41) is 0. The van der Waals surface area contributed by atoms with Crippen LogP contribution >= 0.6 is 0 Å². The van der Waals surface area contributed by atoms with E-state index in [1.807, 2.05) is 32.7 Å². The van der Waals surface area contributed by atoms with Crippen LogP contribution in [0.25, 0.3) is 0 Å². The first-order valence-corrected chi connectivity index (χ1v) is 6.46. The highest BCUT2D eigenvalue weighted by atomic mass is 16.2. The Labute approximate surface area is 110 Å². The lowest BCUT2D eigenvalue weighted by Gasteiger charge is -2.37. The van der Waals surface area contributed by atoms with Crippen molar-refractivity contribution in [1.29, 1.82) is 0 Å². The number of carbonyl (C=O) groups is 2. The van der Waals surface area contributed by atoms with E-state index in [0.717, 1.165) is 26.2 Å². The highest BCUT2D eigenvalue weighted by Crippen LogP contribution is 2.11. The van der Waals surface area contributed by atoms with Gasteiger partial charge in [0.15, 0.2) is 0 Å². The fraction of sp³-hybridized carbons (Fsp3) is 0.846. The second-order valence-electron chi connectivity index (χ2n) is 5.91. The summed E-state index contributed by atoms with van der Waals surface area (Å²) >= 11 is 0. The van der Waals surface area contributed by atoms with Gasteiger partial charge in [0.25, 0.3) is 0 Å². The molecule has 2 amide bonds. The summed E-state index contributed by atoms with van der Waals surface area (Å²) in [5.74, 6) is 0.256. The molecule has 18 heavy (non-hydrogen) atoms. The average Bonchev–Trinajstić information content (AvgIpc) is 2.27. The Hall–Kier alpha value is -1.10. The minimum absolute atomic E-state index is 0.118. The topological polar surface area (TPSA) is 43.9 Å². The van der Waals surface area contributed by atoms with Crippen molar-refractivity contribution in [3.05, 3.63) is 0 Å². The smallest absolute Gasteiger partial charge is 0.236 e. The molecule has 104 valence electrons. The van der Waals surface area contributed by atoms with E-state index in [9.17, 15) is 9.59 Å². The van der Waals surface area contributed by atoms with Gasteiger partial charge in [-0.1, -0.05) is 0 Å². The van der Waals surface area contributed by atoms with Crippen LogP contribution in [0.1, 0.15) is 27.7 Å². The molecule has 1 rings (SSSR count). The zero-order chi connectivity index (χ0) is 13.9. The third kappa shape index (κ3) is 3.98. The van der Waals surface area contributed by atoms with Gasteiger partial charge in [0, 0.05) is 45.7 Å². The third-order valence-corrected chi connectivity index (χ3v) is 3.56. The predicted octanol–water partition coefficient (Wildman–Crippen LogP) is 0.407. The van der Waals surface area contributed by atoms with E-state index < -0.39 is 0 Å². The maximum Gasteiger partial charge on any atom is 0.236 e. The lowest BCUT2D eigenvalue weighted by atomic mass is 10.1. The highest BCUT2D eigenvalue weighted by molar-refractivity contribution is 5.78. The number of piperazine rings is 1. The largest absolute Gasteiger partial charge is 0.340 e. The first-order chi connectivity index (χ1) is 8.21. The maximum atomic E-state index is 12.1. The molecule has 1 fully saturated rings. The fourth-order valence-corrected chi connectivity index (χ4v) is 1.89. The van der Waals surface area contributed by atoms with Gasteiger partial charge in [0.05, 0.1) is 6.54 Å². The molecule has 1 saturated heterocycles. The molecule has 0 aromatic carbocycles. The lowest BCUT2D eigenvalue weighted by Crippen LogP contribution is -2.52. The number of carbonyl (C=O) groups excluding carboxylic acids is 2. The maximum absolute atomic E-state index is 12.1. The molecule has 0 bridgehead atoms. The van der Waals surface area contributed by atoms with Crippen LogP contribution in [0.2, 0.25) is 0 Å². The van der Waals surface area contributed by atoms with Crippen molar-refractivity contribution in [3.63, 3.8) is 0 Å². The van der Waals surface area contributed by atoms with Crippen molar-refractivity contribution in [2.24, 2.45) is 0 Å². The molecule has 0 radical (unpaired) electrons. The Morgan fingerprint density at radius 1 is 1.11 bits per heavy atom. The minimum atomic E-state index is -0.141. The van der Waals surface area contributed by atoms with E-state index in [1.165, 1.54) is 0 Å². The molecule has 5 nitrogen and oxygen atoms in total. The molecular weight excluding hydrogens is 230 g/mol. The number of nitrogens with zero attached hydrogens (tertiary/aromatic N) is 3. The van der Waals surface area contributed by atoms with E-state index >= 15 is 0 Å². The number of hydrogen-bond acceptors (Lipinski definition) is 3. The van der Waals surface area contributed by atoms with Gasteiger partial charge in [-0.15, -0.1) is 0 Å². The van der Waals surface area contributed by atoms with Crippen molar-refractivity contribution >= 4 is 11.8 Å². The first kappa shape index (κ1) is 15.0. The number of likely N-dealkylation sites (N-methyl/N-ethyl adjacent to an activating group) is 1. The fourth-order valence-electron chi connectivity index (χ4n) is 1.89. The summed E-state index contributed by atoms with van der Waals surface area (Å²) in [7, 11) is 1.84. The molecule has 1 aliphatic heterocycles. The molecule has 0 aromatic rings. The number of rotatable bonds is 2. The van der Waals surface area contributed by atoms with Crippen LogP contribution in [0.5, 0.6) is 0 Å². The molecule has 5 heteroatoms. The Balaban J connectivity index is 2.42. The van der Waals surface area contributed by atoms with Crippen molar-refractivity contribution in [1.82, 2.24) is 14.7 Å². The van der Waals surface area contributed by atoms with Gasteiger partial charge in [-0.2, -0.15) is 0 Å². The van der Waals surface area contributed by atoms with Gasteiger partial charge in [-0.3, -0.25) is 14.5 Å². The Morgan fingerprint density at radius 2 is 1.61 bits per heavy atom. The quantitative estimate of drug-likeness (QED) is 0.718. The van der Waals surface area contributed by atoms with E-state index in [2.05, 4.69) is 4.90 Å². The minimum Gasteiger partial charge on any atom is -0.340 e. The molecule has 0 aliphatic carbocycles. The molecule has 0 aromatic heterocycles. The van der Waals surface area contributed by atoms with Crippen molar-refractivity contribution in [2.45, 2.75) is 33.2 Å². The molecule has 1 aliphatic rings. The van der Waals surface area contributed by atoms with Gasteiger partial charge in [-0.25, -0.2) is 0 Å². The van der Waals surface area contributed by atoms with Crippen LogP contribution in [0.15, 0.2) is 0 Å². The number of amides is 2. The first-order valence-electron chi connectivity index (χ1n) is 6.46. The van der Waals surface area contributed by atoms with Gasteiger partial charge < -0.3 is 9.80 Å². The van der Waals surface area contributed by atoms with Crippen LogP contribution in [0.3, 0.4) is 0 Å². The third-order valence-electron chi connectivity index (χ3n) is 3.56. The molecule has 0 saturated carbocycles. The summed E-state index contributed by atoms with van der Waals surface area (Å²) in [4.78, 5) is 29.0. The van der Waals surface area contributed by atoms with Crippen LogP contribution in [-0.4, -0.2) is 71.8 Å². The van der Waals surface area contributed by atoms with Gasteiger partial charge in [-0.05, 0) is 20.8 Å². The highest BCUT2D eigenvalue weighted by Gasteiger charge is 2.25. The second kappa shape index (κ2) is 5.69. The van der Waals surface area contributed by atoms with Gasteiger partial charge in [0.2, 0.25) is 11.8 Å². The summed E-state index contributed by atoms with van der Waals surface area (Å²) < 4.78 is 0. The van der Waals surface area contributed by atoms with Crippen LogP contribution < -0.4 is 0 Å². The normalized spacial score (nSPS) is 17.7.